The molecule has 0 bridgehead atoms. The van der Waals surface area contributed by atoms with Gasteiger partial charge in [-0.3, -0.25) is 4.79 Å². The first-order valence-electron chi connectivity index (χ1n) is 8.49. The molecule has 2 aliphatic rings. The van der Waals surface area contributed by atoms with Crippen LogP contribution in [0.3, 0.4) is 0 Å². The molecule has 0 radical (unpaired) electrons. The second-order valence-corrected chi connectivity index (χ2v) is 6.56. The summed E-state index contributed by atoms with van der Waals surface area (Å²) in [6.07, 6.45) is 9.44. The van der Waals surface area contributed by atoms with E-state index >= 15 is 0 Å². The van der Waals surface area contributed by atoms with Gasteiger partial charge in [0.1, 0.15) is 5.82 Å². The molecule has 1 aliphatic heterocycles. The molecule has 24 heavy (non-hydrogen) atoms. The normalized spacial score (nSPS) is 23.1. The first-order valence-corrected chi connectivity index (χ1v) is 8.49. The van der Waals surface area contributed by atoms with Crippen molar-refractivity contribution in [2.75, 3.05) is 23.3 Å². The van der Waals surface area contributed by atoms with Gasteiger partial charge in [-0.1, -0.05) is 6.42 Å². The number of hydrogen-bond donors (Lipinski definition) is 2. The molecule has 1 aliphatic carbocycles. The molecule has 2 fully saturated rings. The molecule has 0 unspecified atom stereocenters. The number of nitrogens with zero attached hydrogens (tertiary/aromatic N) is 2. The van der Waals surface area contributed by atoms with Crippen LogP contribution in [0.5, 0.6) is 0 Å². The molecule has 136 valence electrons. The molecular formula is C17H28Cl2N4O. The van der Waals surface area contributed by atoms with Crippen LogP contribution in [-0.4, -0.2) is 30.0 Å². The van der Waals surface area contributed by atoms with Crippen LogP contribution in [-0.2, 0) is 4.79 Å². The SMILES string of the molecule is Cl.Cl.N[C@@H]1CCC[C@H]1CC(=O)Nc1ccc(N2CCCCC2)cn1. The number of nitrogens with two attached hydrogens (primary N) is 1. The molecule has 1 amide bonds. The van der Waals surface area contributed by atoms with Crippen molar-refractivity contribution in [3.8, 4) is 0 Å². The van der Waals surface area contributed by atoms with E-state index in [4.69, 9.17) is 5.73 Å². The number of rotatable bonds is 4. The monoisotopic (exact) mass is 374 g/mol. The third-order valence-corrected chi connectivity index (χ3v) is 4.90. The summed E-state index contributed by atoms with van der Waals surface area (Å²) in [5.74, 6) is 0.991. The van der Waals surface area contributed by atoms with Gasteiger partial charge in [-0.15, -0.1) is 24.8 Å². The van der Waals surface area contributed by atoms with Crippen LogP contribution in [0.4, 0.5) is 11.5 Å². The minimum Gasteiger partial charge on any atom is -0.370 e. The Morgan fingerprint density at radius 1 is 1.17 bits per heavy atom. The summed E-state index contributed by atoms with van der Waals surface area (Å²) in [7, 11) is 0. The summed E-state index contributed by atoms with van der Waals surface area (Å²) in [6.45, 7) is 2.21. The molecule has 2 atom stereocenters. The number of amides is 1. The molecule has 3 N–H and O–H groups in total. The van der Waals surface area contributed by atoms with E-state index in [1.54, 1.807) is 0 Å². The lowest BCUT2D eigenvalue weighted by Gasteiger charge is -2.28. The van der Waals surface area contributed by atoms with Gasteiger partial charge in [0.05, 0.1) is 11.9 Å². The van der Waals surface area contributed by atoms with E-state index in [1.165, 1.54) is 19.3 Å². The standard InChI is InChI=1S/C17H26N4O.2ClH/c18-15-6-4-5-13(15)11-17(22)20-16-8-7-14(12-19-16)21-9-2-1-3-10-21;;/h7-8,12-13,15H,1-6,9-11,18H2,(H,19,20,22);2*1H/t13-,15+;;/m0../s1. The van der Waals surface area contributed by atoms with E-state index in [1.807, 2.05) is 12.3 Å². The molecule has 3 rings (SSSR count). The summed E-state index contributed by atoms with van der Waals surface area (Å²) in [5, 5.41) is 2.90. The topological polar surface area (TPSA) is 71.2 Å². The van der Waals surface area contributed by atoms with Crippen LogP contribution in [0, 0.1) is 5.92 Å². The van der Waals surface area contributed by atoms with Crippen molar-refractivity contribution in [1.29, 1.82) is 0 Å². The van der Waals surface area contributed by atoms with Gasteiger partial charge in [-0.25, -0.2) is 4.98 Å². The van der Waals surface area contributed by atoms with Gasteiger partial charge in [0.2, 0.25) is 5.91 Å². The minimum absolute atomic E-state index is 0. The minimum atomic E-state index is 0. The number of carbonyl (C=O) groups is 1. The van der Waals surface area contributed by atoms with Crippen molar-refractivity contribution in [2.45, 2.75) is 51.0 Å². The average molecular weight is 375 g/mol. The predicted octanol–water partition coefficient (Wildman–Crippen LogP) is 3.37. The van der Waals surface area contributed by atoms with Gasteiger partial charge in [0, 0.05) is 25.6 Å². The van der Waals surface area contributed by atoms with Gasteiger partial charge in [-0.05, 0) is 50.2 Å². The quantitative estimate of drug-likeness (QED) is 0.847. The van der Waals surface area contributed by atoms with Crippen molar-refractivity contribution in [1.82, 2.24) is 4.98 Å². The highest BCUT2D eigenvalue weighted by atomic mass is 35.5. The number of anilines is 2. The molecule has 1 saturated heterocycles. The maximum absolute atomic E-state index is 12.1. The second-order valence-electron chi connectivity index (χ2n) is 6.56. The fourth-order valence-electron chi connectivity index (χ4n) is 3.55. The van der Waals surface area contributed by atoms with Gasteiger partial charge < -0.3 is 16.0 Å². The van der Waals surface area contributed by atoms with E-state index in [0.29, 0.717) is 18.2 Å². The van der Waals surface area contributed by atoms with E-state index in [9.17, 15) is 4.79 Å². The number of piperidine rings is 1. The molecule has 2 heterocycles. The number of aromatic nitrogens is 1. The fraction of sp³-hybridized carbons (Fsp3) is 0.647. The molecule has 1 saturated carbocycles. The average Bonchev–Trinajstić information content (AvgIpc) is 2.94. The van der Waals surface area contributed by atoms with Crippen LogP contribution in [0.15, 0.2) is 18.3 Å². The third-order valence-electron chi connectivity index (χ3n) is 4.90. The van der Waals surface area contributed by atoms with E-state index < -0.39 is 0 Å². The highest BCUT2D eigenvalue weighted by molar-refractivity contribution is 5.90. The first kappa shape index (κ1) is 21.0. The maximum Gasteiger partial charge on any atom is 0.225 e. The number of halogens is 2. The van der Waals surface area contributed by atoms with Gasteiger partial charge in [0.15, 0.2) is 0 Å². The molecule has 1 aromatic rings. The van der Waals surface area contributed by atoms with Gasteiger partial charge in [-0.2, -0.15) is 0 Å². The second kappa shape index (κ2) is 10.1. The molecule has 7 heteroatoms. The highest BCUT2D eigenvalue weighted by Crippen LogP contribution is 2.27. The van der Waals surface area contributed by atoms with E-state index in [2.05, 4.69) is 21.3 Å². The smallest absolute Gasteiger partial charge is 0.225 e. The zero-order valence-corrected chi connectivity index (χ0v) is 15.6. The molecule has 0 aromatic carbocycles. The van der Waals surface area contributed by atoms with Crippen LogP contribution >= 0.6 is 24.8 Å². The first-order chi connectivity index (χ1) is 10.7. The largest absolute Gasteiger partial charge is 0.370 e. The Labute approximate surface area is 156 Å². The Hall–Kier alpha value is -1.04. The lowest BCUT2D eigenvalue weighted by atomic mass is 10.00. The number of pyridine rings is 1. The van der Waals surface area contributed by atoms with E-state index in [-0.39, 0.29) is 36.8 Å². The van der Waals surface area contributed by atoms with Crippen molar-refractivity contribution < 1.29 is 4.79 Å². The number of nitrogens with one attached hydrogen (secondary N) is 1. The van der Waals surface area contributed by atoms with Crippen LogP contribution in [0.1, 0.15) is 44.9 Å². The predicted molar refractivity (Wildman–Crippen MR) is 103 cm³/mol. The molecule has 0 spiro atoms. The Morgan fingerprint density at radius 3 is 2.50 bits per heavy atom. The van der Waals surface area contributed by atoms with Crippen LogP contribution < -0.4 is 16.0 Å². The Kier molecular flexibility index (Phi) is 8.81. The fourth-order valence-corrected chi connectivity index (χ4v) is 3.55. The Bertz CT molecular complexity index is 506. The van der Waals surface area contributed by atoms with E-state index in [0.717, 1.165) is 38.0 Å². The number of carbonyl (C=O) groups excluding carboxylic acids is 1. The lowest BCUT2D eigenvalue weighted by Crippen LogP contribution is -2.29. The Balaban J connectivity index is 0.00000144. The van der Waals surface area contributed by atoms with Crippen molar-refractivity contribution >= 4 is 42.2 Å². The van der Waals surface area contributed by atoms with Crippen LogP contribution in [0.25, 0.3) is 0 Å². The Morgan fingerprint density at radius 2 is 1.92 bits per heavy atom. The van der Waals surface area contributed by atoms with Gasteiger partial charge in [0.25, 0.3) is 0 Å². The van der Waals surface area contributed by atoms with Crippen LogP contribution in [0.2, 0.25) is 0 Å². The lowest BCUT2D eigenvalue weighted by molar-refractivity contribution is -0.117. The third kappa shape index (κ3) is 5.50. The summed E-state index contributed by atoms with van der Waals surface area (Å²) >= 11 is 0. The van der Waals surface area contributed by atoms with Crippen molar-refractivity contribution in [3.63, 3.8) is 0 Å². The zero-order valence-electron chi connectivity index (χ0n) is 13.9. The highest BCUT2D eigenvalue weighted by Gasteiger charge is 2.26. The molecular weight excluding hydrogens is 347 g/mol. The van der Waals surface area contributed by atoms with Crippen molar-refractivity contribution in [2.24, 2.45) is 11.7 Å². The van der Waals surface area contributed by atoms with Gasteiger partial charge >= 0.3 is 0 Å². The zero-order chi connectivity index (χ0) is 15.4. The summed E-state index contributed by atoms with van der Waals surface area (Å²) < 4.78 is 0. The van der Waals surface area contributed by atoms with Crippen molar-refractivity contribution in [3.05, 3.63) is 18.3 Å². The summed E-state index contributed by atoms with van der Waals surface area (Å²) in [4.78, 5) is 18.8. The molecule has 5 nitrogen and oxygen atoms in total. The summed E-state index contributed by atoms with van der Waals surface area (Å²) in [6, 6.07) is 4.13. The summed E-state index contributed by atoms with van der Waals surface area (Å²) in [5.41, 5.74) is 7.17. The number of hydrogen-bond acceptors (Lipinski definition) is 4. The molecule has 1 aromatic heterocycles. The maximum atomic E-state index is 12.1.